The molecule has 1 atom stereocenters. The second-order valence-corrected chi connectivity index (χ2v) is 11.4. The quantitative estimate of drug-likeness (QED) is 0.388. The van der Waals surface area contributed by atoms with Gasteiger partial charge in [-0.1, -0.05) is 69.5 Å². The van der Waals surface area contributed by atoms with Gasteiger partial charge in [-0.15, -0.1) is 0 Å². The van der Waals surface area contributed by atoms with Crippen LogP contribution in [0.2, 0.25) is 5.02 Å². The molecule has 0 unspecified atom stereocenters. The van der Waals surface area contributed by atoms with Crippen molar-refractivity contribution in [1.29, 1.82) is 0 Å². The Morgan fingerprint density at radius 2 is 1.61 bits per heavy atom. The molecule has 0 saturated heterocycles. The van der Waals surface area contributed by atoms with Gasteiger partial charge in [-0.25, -0.2) is 8.42 Å². The Bertz CT molecular complexity index is 1330. The Hall–Kier alpha value is -2.88. The molecule has 3 rings (SSSR count). The van der Waals surface area contributed by atoms with E-state index in [4.69, 9.17) is 11.6 Å². The summed E-state index contributed by atoms with van der Waals surface area (Å²) in [6, 6.07) is 19.3. The monoisotopic (exact) mass is 591 g/mol. The van der Waals surface area contributed by atoms with Crippen molar-refractivity contribution in [3.63, 3.8) is 0 Å². The maximum atomic E-state index is 13.7. The van der Waals surface area contributed by atoms with E-state index in [0.717, 1.165) is 19.9 Å². The van der Waals surface area contributed by atoms with Crippen LogP contribution in [0.4, 0.5) is 5.69 Å². The fraction of sp³-hybridized carbons (Fsp3) is 0.231. The van der Waals surface area contributed by atoms with Crippen molar-refractivity contribution in [3.05, 3.63) is 93.4 Å². The summed E-state index contributed by atoms with van der Waals surface area (Å²) in [5.74, 6) is -0.921. The summed E-state index contributed by atoms with van der Waals surface area (Å²) in [7, 11) is -2.67. The Labute approximate surface area is 225 Å². The normalized spacial score (nSPS) is 12.0. The average Bonchev–Trinajstić information content (AvgIpc) is 2.86. The molecule has 7 nitrogen and oxygen atoms in total. The van der Waals surface area contributed by atoms with Gasteiger partial charge in [0.15, 0.2) is 0 Å². The molecule has 0 spiro atoms. The Balaban J connectivity index is 2.04. The number of hydrogen-bond acceptors (Lipinski definition) is 4. The van der Waals surface area contributed by atoms with Gasteiger partial charge in [-0.2, -0.15) is 0 Å². The molecule has 0 fully saturated rings. The maximum absolute atomic E-state index is 13.7. The lowest BCUT2D eigenvalue weighted by Crippen LogP contribution is -2.50. The fourth-order valence-corrected chi connectivity index (χ4v) is 5.57. The van der Waals surface area contributed by atoms with Crippen molar-refractivity contribution in [2.24, 2.45) is 0 Å². The molecule has 0 saturated carbocycles. The minimum absolute atomic E-state index is 0.0274. The predicted molar refractivity (Wildman–Crippen MR) is 145 cm³/mol. The summed E-state index contributed by atoms with van der Waals surface area (Å²) in [6.07, 6.45) is 0. The first-order valence-electron chi connectivity index (χ1n) is 11.1. The summed E-state index contributed by atoms with van der Waals surface area (Å²) < 4.78 is 29.3. The third-order valence-electron chi connectivity index (χ3n) is 5.69. The van der Waals surface area contributed by atoms with E-state index in [-0.39, 0.29) is 28.1 Å². The zero-order valence-electron chi connectivity index (χ0n) is 20.1. The van der Waals surface area contributed by atoms with E-state index in [1.54, 1.807) is 43.3 Å². The van der Waals surface area contributed by atoms with Crippen molar-refractivity contribution in [1.82, 2.24) is 10.2 Å². The van der Waals surface area contributed by atoms with E-state index >= 15 is 0 Å². The van der Waals surface area contributed by atoms with Gasteiger partial charge in [0.2, 0.25) is 11.8 Å². The Morgan fingerprint density at radius 3 is 2.19 bits per heavy atom. The van der Waals surface area contributed by atoms with E-state index < -0.39 is 28.5 Å². The molecule has 1 N–H and O–H groups in total. The number of halogens is 2. The summed E-state index contributed by atoms with van der Waals surface area (Å²) in [5.41, 5.74) is 1.85. The standard InChI is InChI=1S/C26H27BrClN3O4S/c1-18-8-14-22(15-9-18)36(34,35)31(24-7-5-4-6-23(24)28)17-25(32)30(19(2)26(33)29-3)16-20-10-12-21(27)13-11-20/h4-15,19H,16-17H2,1-3H3,(H,29,33)/t19-/m0/s1. The molecule has 2 amide bonds. The minimum Gasteiger partial charge on any atom is -0.357 e. The first-order chi connectivity index (χ1) is 17.0. The highest BCUT2D eigenvalue weighted by atomic mass is 79.9. The maximum Gasteiger partial charge on any atom is 0.264 e. The van der Waals surface area contributed by atoms with Crippen LogP contribution in [-0.2, 0) is 26.2 Å². The number of aryl methyl sites for hydroxylation is 1. The van der Waals surface area contributed by atoms with E-state index in [0.29, 0.717) is 0 Å². The molecule has 190 valence electrons. The molecule has 0 aliphatic carbocycles. The number of hydrogen-bond donors (Lipinski definition) is 1. The molecule has 0 radical (unpaired) electrons. The SMILES string of the molecule is CNC(=O)[C@H](C)N(Cc1ccc(Br)cc1)C(=O)CN(c1ccccc1Cl)S(=O)(=O)c1ccc(C)cc1. The third-order valence-corrected chi connectivity index (χ3v) is 8.31. The van der Waals surface area contributed by atoms with Gasteiger partial charge in [0.05, 0.1) is 15.6 Å². The van der Waals surface area contributed by atoms with Crippen molar-refractivity contribution in [2.75, 3.05) is 17.9 Å². The Morgan fingerprint density at radius 1 is 1.00 bits per heavy atom. The smallest absolute Gasteiger partial charge is 0.264 e. The number of sulfonamides is 1. The number of benzene rings is 3. The first kappa shape index (κ1) is 27.7. The van der Waals surface area contributed by atoms with Crippen molar-refractivity contribution in [2.45, 2.75) is 31.3 Å². The minimum atomic E-state index is -4.16. The molecule has 0 aliphatic rings. The lowest BCUT2D eigenvalue weighted by Gasteiger charge is -2.32. The fourth-order valence-electron chi connectivity index (χ4n) is 3.58. The van der Waals surface area contributed by atoms with Crippen LogP contribution in [-0.4, -0.2) is 44.8 Å². The second-order valence-electron chi connectivity index (χ2n) is 8.21. The number of anilines is 1. The van der Waals surface area contributed by atoms with Crippen LogP contribution in [0.1, 0.15) is 18.1 Å². The zero-order chi connectivity index (χ0) is 26.5. The summed E-state index contributed by atoms with van der Waals surface area (Å²) in [4.78, 5) is 27.6. The van der Waals surface area contributed by atoms with Gasteiger partial charge in [-0.3, -0.25) is 13.9 Å². The topological polar surface area (TPSA) is 86.8 Å². The van der Waals surface area contributed by atoms with Gasteiger partial charge in [0, 0.05) is 18.1 Å². The third kappa shape index (κ3) is 6.46. The number of nitrogens with one attached hydrogen (secondary N) is 1. The highest BCUT2D eigenvalue weighted by molar-refractivity contribution is 9.10. The summed E-state index contributed by atoms with van der Waals surface area (Å²) in [6.45, 7) is 3.02. The predicted octanol–water partition coefficient (Wildman–Crippen LogP) is 4.77. The van der Waals surface area contributed by atoms with Crippen molar-refractivity contribution >= 4 is 55.1 Å². The van der Waals surface area contributed by atoms with Gasteiger partial charge in [0.25, 0.3) is 10.0 Å². The number of para-hydroxylation sites is 1. The Kier molecular flexibility index (Phi) is 9.16. The van der Waals surface area contributed by atoms with Crippen LogP contribution in [0, 0.1) is 6.92 Å². The van der Waals surface area contributed by atoms with Crippen LogP contribution in [0.25, 0.3) is 0 Å². The van der Waals surface area contributed by atoms with E-state index in [1.807, 2.05) is 31.2 Å². The molecular formula is C26H27BrClN3O4S. The average molecular weight is 593 g/mol. The van der Waals surface area contributed by atoms with E-state index in [1.165, 1.54) is 24.1 Å². The van der Waals surface area contributed by atoms with E-state index in [9.17, 15) is 18.0 Å². The van der Waals surface area contributed by atoms with Crippen LogP contribution in [0.15, 0.2) is 82.2 Å². The number of carbonyl (C=O) groups excluding carboxylic acids is 2. The van der Waals surface area contributed by atoms with Crippen LogP contribution >= 0.6 is 27.5 Å². The molecule has 0 heterocycles. The van der Waals surface area contributed by atoms with Crippen LogP contribution in [0.5, 0.6) is 0 Å². The lowest BCUT2D eigenvalue weighted by atomic mass is 10.1. The van der Waals surface area contributed by atoms with Crippen LogP contribution < -0.4 is 9.62 Å². The van der Waals surface area contributed by atoms with Crippen molar-refractivity contribution < 1.29 is 18.0 Å². The number of carbonyl (C=O) groups is 2. The van der Waals surface area contributed by atoms with Gasteiger partial charge >= 0.3 is 0 Å². The number of amides is 2. The zero-order valence-corrected chi connectivity index (χ0v) is 23.3. The summed E-state index contributed by atoms with van der Waals surface area (Å²) in [5, 5.41) is 2.74. The molecule has 10 heteroatoms. The molecular weight excluding hydrogens is 566 g/mol. The number of nitrogens with zero attached hydrogens (tertiary/aromatic N) is 2. The molecule has 0 aromatic heterocycles. The van der Waals surface area contributed by atoms with Gasteiger partial charge < -0.3 is 10.2 Å². The highest BCUT2D eigenvalue weighted by Crippen LogP contribution is 2.31. The molecule has 36 heavy (non-hydrogen) atoms. The summed E-state index contributed by atoms with van der Waals surface area (Å²) >= 11 is 9.77. The van der Waals surface area contributed by atoms with Gasteiger partial charge in [-0.05, 0) is 55.8 Å². The van der Waals surface area contributed by atoms with E-state index in [2.05, 4.69) is 21.2 Å². The van der Waals surface area contributed by atoms with Crippen molar-refractivity contribution in [3.8, 4) is 0 Å². The van der Waals surface area contributed by atoms with Crippen LogP contribution in [0.3, 0.4) is 0 Å². The molecule has 0 bridgehead atoms. The lowest BCUT2D eigenvalue weighted by molar-refractivity contribution is -0.139. The molecule has 0 aliphatic heterocycles. The first-order valence-corrected chi connectivity index (χ1v) is 13.7. The number of rotatable bonds is 9. The number of likely N-dealkylation sites (N-methyl/N-ethyl adjacent to an activating group) is 1. The molecule has 3 aromatic carbocycles. The largest absolute Gasteiger partial charge is 0.357 e. The second kappa shape index (κ2) is 11.9. The highest BCUT2D eigenvalue weighted by Gasteiger charge is 2.33. The molecule has 3 aromatic rings. The van der Waals surface area contributed by atoms with Gasteiger partial charge in [0.1, 0.15) is 12.6 Å².